The van der Waals surface area contributed by atoms with Crippen LogP contribution in [0, 0.1) is 0 Å². The lowest BCUT2D eigenvalue weighted by Crippen LogP contribution is -2.47. The zero-order valence-corrected chi connectivity index (χ0v) is 30.5. The second-order valence-corrected chi connectivity index (χ2v) is 14.5. The molecule has 0 saturated heterocycles. The Bertz CT molecular complexity index is 2490. The van der Waals surface area contributed by atoms with Gasteiger partial charge in [0.05, 0.1) is 0 Å². The van der Waals surface area contributed by atoms with E-state index in [1.807, 2.05) is 23.5 Å². The van der Waals surface area contributed by atoms with Crippen LogP contribution in [0.4, 0.5) is 0 Å². The predicted molar refractivity (Wildman–Crippen MR) is 237 cm³/mol. The third kappa shape index (κ3) is 5.36. The third-order valence-corrected chi connectivity index (χ3v) is 12.1. The molecular formula is C39H32B7N3S. The molecule has 0 fully saturated rings. The quantitative estimate of drug-likeness (QED) is 0.211. The first kappa shape index (κ1) is 32.2. The summed E-state index contributed by atoms with van der Waals surface area (Å²) >= 11 is 1.89. The molecule has 0 N–H and O–H groups in total. The Morgan fingerprint density at radius 3 is 1.16 bits per heavy atom. The van der Waals surface area contributed by atoms with E-state index in [-0.39, 0.29) is 0 Å². The molecule has 0 aliphatic rings. The van der Waals surface area contributed by atoms with Crippen LogP contribution in [0.15, 0.2) is 109 Å². The number of rotatable bonds is 5. The lowest BCUT2D eigenvalue weighted by atomic mass is 9.64. The highest BCUT2D eigenvalue weighted by Crippen LogP contribution is 2.36. The molecule has 0 aliphatic carbocycles. The Morgan fingerprint density at radius 1 is 0.320 bits per heavy atom. The number of hydrogen-bond acceptors (Lipinski definition) is 4. The second kappa shape index (κ2) is 12.7. The highest BCUT2D eigenvalue weighted by atomic mass is 32.1. The number of thiophene rings is 1. The van der Waals surface area contributed by atoms with Crippen LogP contribution < -0.4 is 38.2 Å². The maximum Gasteiger partial charge on any atom is 0.164 e. The van der Waals surface area contributed by atoms with E-state index in [2.05, 4.69) is 152 Å². The topological polar surface area (TPSA) is 38.7 Å². The molecule has 6 aromatic carbocycles. The molecule has 8 aromatic rings. The molecule has 3 nitrogen and oxygen atoms in total. The normalized spacial score (nSPS) is 11.4. The molecular weight excluding hydrogens is 618 g/mol. The van der Waals surface area contributed by atoms with Gasteiger partial charge in [-0.3, -0.25) is 0 Å². The van der Waals surface area contributed by atoms with Gasteiger partial charge in [-0.25, -0.2) is 15.0 Å². The summed E-state index contributed by atoms with van der Waals surface area (Å²) in [5.41, 5.74) is 17.0. The molecule has 0 atom stereocenters. The van der Waals surface area contributed by atoms with Crippen molar-refractivity contribution in [2.24, 2.45) is 0 Å². The van der Waals surface area contributed by atoms with Crippen molar-refractivity contribution in [2.45, 2.75) is 0 Å². The number of fused-ring (bicyclic) bond motifs is 3. The van der Waals surface area contributed by atoms with E-state index >= 15 is 0 Å². The molecule has 50 heavy (non-hydrogen) atoms. The summed E-state index contributed by atoms with van der Waals surface area (Å²) in [6.45, 7) is 0. The van der Waals surface area contributed by atoms with E-state index < -0.39 is 0 Å². The van der Waals surface area contributed by atoms with Crippen LogP contribution in [0.5, 0.6) is 0 Å². The molecule has 8 rings (SSSR count). The predicted octanol–water partition coefficient (Wildman–Crippen LogP) is -1.62. The molecule has 2 heterocycles. The van der Waals surface area contributed by atoms with Gasteiger partial charge in [-0.1, -0.05) is 137 Å². The number of nitrogens with zero attached hydrogens (tertiary/aromatic N) is 3. The molecule has 0 unspecified atom stereocenters. The zero-order valence-electron chi connectivity index (χ0n) is 29.6. The lowest BCUT2D eigenvalue weighted by molar-refractivity contribution is 1.08. The molecule has 0 bridgehead atoms. The first-order valence-corrected chi connectivity index (χ1v) is 18.0. The smallest absolute Gasteiger partial charge is 0.164 e. The van der Waals surface area contributed by atoms with Crippen LogP contribution in [-0.4, -0.2) is 69.9 Å². The Balaban J connectivity index is 1.37. The minimum Gasteiger partial charge on any atom is -0.208 e. The van der Waals surface area contributed by atoms with Crippen LogP contribution in [0.1, 0.15) is 0 Å². The minimum atomic E-state index is 0.669. The maximum atomic E-state index is 5.28. The van der Waals surface area contributed by atoms with Crippen LogP contribution in [0.2, 0.25) is 0 Å². The van der Waals surface area contributed by atoms with Crippen molar-refractivity contribution in [1.29, 1.82) is 0 Å². The fraction of sp³-hybridized carbons (Fsp3) is 0. The standard InChI is InChI=1S/C39H32B7N3S/c40-28-25-26-29(41)32(44)33(45)34(46)36(26)50-35(25)27(30(42)31(28)43)39-48-37(23-15-11-21(12-16-23)19-7-3-1-4-8-19)47-38(49-39)24-17-13-22(14-18-24)20-9-5-2-6-10-20/h1-18H,40-46H2. The fourth-order valence-corrected chi connectivity index (χ4v) is 8.80. The van der Waals surface area contributed by atoms with E-state index in [4.69, 9.17) is 15.0 Å². The fourth-order valence-electron chi connectivity index (χ4n) is 7.23. The number of benzene rings is 6. The van der Waals surface area contributed by atoms with Gasteiger partial charge in [0.25, 0.3) is 0 Å². The van der Waals surface area contributed by atoms with Gasteiger partial charge in [0.2, 0.25) is 0 Å². The molecule has 0 saturated carbocycles. The van der Waals surface area contributed by atoms with E-state index in [0.29, 0.717) is 17.5 Å². The summed E-state index contributed by atoms with van der Waals surface area (Å²) in [5, 5.41) is 2.70. The Kier molecular flexibility index (Phi) is 8.19. The molecule has 230 valence electrons. The SMILES string of the molecule is Bc1c(B)c(B)c2c(sc3c(-c4nc(-c5ccc(-c6ccccc6)cc5)nc(-c5ccc(-c6ccccc6)cc5)n4)c(B)c(B)c(B)c32)c1B. The van der Waals surface area contributed by atoms with E-state index in [0.717, 1.165) is 27.8 Å². The summed E-state index contributed by atoms with van der Waals surface area (Å²) in [6, 6.07) is 38.1. The third-order valence-electron chi connectivity index (χ3n) is 10.8. The van der Waals surface area contributed by atoms with Crippen molar-refractivity contribution in [2.75, 3.05) is 0 Å². The van der Waals surface area contributed by atoms with Crippen LogP contribution >= 0.6 is 11.3 Å². The van der Waals surface area contributed by atoms with Gasteiger partial charge < -0.3 is 0 Å². The van der Waals surface area contributed by atoms with Crippen molar-refractivity contribution in [3.63, 3.8) is 0 Å². The van der Waals surface area contributed by atoms with Crippen LogP contribution in [0.3, 0.4) is 0 Å². The summed E-state index contributed by atoms with van der Waals surface area (Å²) in [7, 11) is 15.8. The molecule has 0 radical (unpaired) electrons. The van der Waals surface area contributed by atoms with Crippen molar-refractivity contribution in [3.8, 4) is 56.4 Å². The Hall–Kier alpha value is -5.00. The van der Waals surface area contributed by atoms with Crippen LogP contribution in [-0.2, 0) is 0 Å². The highest BCUT2D eigenvalue weighted by molar-refractivity contribution is 7.28. The van der Waals surface area contributed by atoms with Gasteiger partial charge in [0.1, 0.15) is 54.9 Å². The Labute approximate surface area is 303 Å². The number of hydrogen-bond donors (Lipinski definition) is 0. The second-order valence-electron chi connectivity index (χ2n) is 13.5. The summed E-state index contributed by atoms with van der Waals surface area (Å²) < 4.78 is 2.61. The molecule has 0 amide bonds. The van der Waals surface area contributed by atoms with Gasteiger partial charge in [0.15, 0.2) is 17.5 Å². The molecule has 2 aromatic heterocycles. The van der Waals surface area contributed by atoms with Crippen LogP contribution in [0.25, 0.3) is 76.6 Å². The summed E-state index contributed by atoms with van der Waals surface area (Å²) in [5.74, 6) is 2.05. The first-order valence-electron chi connectivity index (χ1n) is 17.2. The number of aromatic nitrogens is 3. The molecule has 0 spiro atoms. The molecule has 0 aliphatic heterocycles. The van der Waals surface area contributed by atoms with Gasteiger partial charge in [-0.2, -0.15) is 0 Å². The van der Waals surface area contributed by atoms with Gasteiger partial charge in [-0.15, -0.1) is 22.3 Å². The monoisotopic (exact) mass is 651 g/mol. The summed E-state index contributed by atoms with van der Waals surface area (Å²) in [6.07, 6.45) is 0. The van der Waals surface area contributed by atoms with Crippen molar-refractivity contribution >= 4 is 125 Å². The zero-order chi connectivity index (χ0) is 34.7. The largest absolute Gasteiger partial charge is 0.208 e. The van der Waals surface area contributed by atoms with E-state index in [1.54, 1.807) is 0 Å². The lowest BCUT2D eigenvalue weighted by Gasteiger charge is -2.17. The highest BCUT2D eigenvalue weighted by Gasteiger charge is 2.23. The maximum absolute atomic E-state index is 5.28. The van der Waals surface area contributed by atoms with Crippen molar-refractivity contribution in [3.05, 3.63) is 109 Å². The van der Waals surface area contributed by atoms with E-state index in [9.17, 15) is 0 Å². The van der Waals surface area contributed by atoms with Crippen molar-refractivity contribution in [1.82, 2.24) is 15.0 Å². The van der Waals surface area contributed by atoms with Crippen molar-refractivity contribution < 1.29 is 0 Å². The summed E-state index contributed by atoms with van der Waals surface area (Å²) in [4.78, 5) is 15.7. The minimum absolute atomic E-state index is 0.669. The van der Waals surface area contributed by atoms with E-state index in [1.165, 1.54) is 69.5 Å². The first-order chi connectivity index (χ1) is 24.2. The molecule has 11 heteroatoms. The average molecular weight is 650 g/mol. The van der Waals surface area contributed by atoms with Gasteiger partial charge in [0, 0.05) is 26.1 Å². The Morgan fingerprint density at radius 2 is 0.680 bits per heavy atom. The van der Waals surface area contributed by atoms with Gasteiger partial charge in [-0.05, 0) is 33.0 Å². The van der Waals surface area contributed by atoms with Gasteiger partial charge >= 0.3 is 0 Å². The average Bonchev–Trinajstić information content (AvgIpc) is 3.57.